The lowest BCUT2D eigenvalue weighted by Gasteiger charge is -2.03. The molecule has 0 saturated carbocycles. The van der Waals surface area contributed by atoms with Crippen LogP contribution in [0.5, 0.6) is 0 Å². The second-order valence-corrected chi connectivity index (χ2v) is 3.86. The summed E-state index contributed by atoms with van der Waals surface area (Å²) >= 11 is 0. The van der Waals surface area contributed by atoms with Crippen LogP contribution in [-0.4, -0.2) is 25.6 Å². The molecule has 2 rings (SSSR count). The van der Waals surface area contributed by atoms with Crippen molar-refractivity contribution in [2.24, 2.45) is 0 Å². The van der Waals surface area contributed by atoms with E-state index in [0.717, 1.165) is 0 Å². The largest absolute Gasteiger partial charge is 0.477 e. The normalized spacial score (nSPS) is 11.0. The Kier molecular flexibility index (Phi) is 2.49. The van der Waals surface area contributed by atoms with E-state index in [1.165, 1.54) is 0 Å². The molecule has 2 N–H and O–H groups in total. The quantitative estimate of drug-likeness (QED) is 0.814. The van der Waals surface area contributed by atoms with Crippen molar-refractivity contribution in [3.8, 4) is 0 Å². The van der Waals surface area contributed by atoms with Crippen LogP contribution in [0, 0.1) is 13.8 Å². The molecule has 90 valence electrons. The summed E-state index contributed by atoms with van der Waals surface area (Å²) in [4.78, 5) is 30.2. The minimum absolute atomic E-state index is 0.216. The van der Waals surface area contributed by atoms with Gasteiger partial charge in [-0.05, 0) is 20.8 Å². The fourth-order valence-electron chi connectivity index (χ4n) is 2.06. The van der Waals surface area contributed by atoms with E-state index in [1.807, 2.05) is 6.92 Å². The maximum atomic E-state index is 12.1. The number of aromatic carboxylic acids is 1. The summed E-state index contributed by atoms with van der Waals surface area (Å²) in [5, 5.41) is 9.03. The molecule has 0 radical (unpaired) electrons. The highest BCUT2D eigenvalue weighted by Gasteiger charge is 2.19. The lowest BCUT2D eigenvalue weighted by Crippen LogP contribution is -2.20. The summed E-state index contributed by atoms with van der Waals surface area (Å²) in [5.74, 6) is -0.523. The van der Waals surface area contributed by atoms with Crippen molar-refractivity contribution in [3.05, 3.63) is 27.3 Å². The van der Waals surface area contributed by atoms with Gasteiger partial charge in [0.15, 0.2) is 5.65 Å². The summed E-state index contributed by atoms with van der Waals surface area (Å²) in [5.41, 5.74) is 0.402. The smallest absolute Gasteiger partial charge is 0.341 e. The number of H-pyrrole nitrogens is 1. The van der Waals surface area contributed by atoms with Gasteiger partial charge in [-0.2, -0.15) is 0 Å². The van der Waals surface area contributed by atoms with Gasteiger partial charge >= 0.3 is 5.97 Å². The summed E-state index contributed by atoms with van der Waals surface area (Å²) < 4.78 is 1.71. The Balaban J connectivity index is 2.99. The number of carbonyl (C=O) groups is 1. The first-order chi connectivity index (χ1) is 7.97. The Morgan fingerprint density at radius 1 is 1.47 bits per heavy atom. The number of carboxylic acids is 1. The second-order valence-electron chi connectivity index (χ2n) is 3.86. The number of fused-ring (bicyclic) bond motifs is 1. The highest BCUT2D eigenvalue weighted by atomic mass is 16.4. The molecule has 2 aromatic heterocycles. The number of nitrogens with zero attached hydrogens (tertiary/aromatic N) is 2. The van der Waals surface area contributed by atoms with Gasteiger partial charge in [-0.25, -0.2) is 9.78 Å². The maximum Gasteiger partial charge on any atom is 0.341 e. The molecular formula is C11H13N3O3. The maximum absolute atomic E-state index is 12.1. The number of carboxylic acid groups (broad SMARTS) is 1. The summed E-state index contributed by atoms with van der Waals surface area (Å²) in [6.45, 7) is 5.80. The summed E-state index contributed by atoms with van der Waals surface area (Å²) in [6, 6.07) is 0. The van der Waals surface area contributed by atoms with Gasteiger partial charge in [-0.1, -0.05) is 0 Å². The van der Waals surface area contributed by atoms with Crippen LogP contribution in [0.3, 0.4) is 0 Å². The fraction of sp³-hybridized carbons (Fsp3) is 0.364. The van der Waals surface area contributed by atoms with E-state index < -0.39 is 11.4 Å². The standard InChI is InChI=1S/C11H13N3O3/c1-4-14-6(3)13-10-8(14)9(15)7(11(16)17)5(2)12-10/h4H2,1-3H3,(H,12,15)(H,16,17). The van der Waals surface area contributed by atoms with Crippen molar-refractivity contribution in [2.75, 3.05) is 0 Å². The van der Waals surface area contributed by atoms with Gasteiger partial charge in [0.2, 0.25) is 5.43 Å². The zero-order valence-electron chi connectivity index (χ0n) is 9.87. The Bertz CT molecular complexity index is 667. The Hall–Kier alpha value is -2.11. The predicted octanol–water partition coefficient (Wildman–Crippen LogP) is 1.06. The third-order valence-corrected chi connectivity index (χ3v) is 2.81. The van der Waals surface area contributed by atoms with Gasteiger partial charge in [0.25, 0.3) is 0 Å². The molecule has 0 fully saturated rings. The fourth-order valence-corrected chi connectivity index (χ4v) is 2.06. The summed E-state index contributed by atoms with van der Waals surface area (Å²) in [6.07, 6.45) is 0. The number of nitrogens with one attached hydrogen (secondary N) is 1. The molecule has 0 bridgehead atoms. The van der Waals surface area contributed by atoms with Crippen molar-refractivity contribution in [1.82, 2.24) is 14.5 Å². The first kappa shape index (κ1) is 11.4. The molecule has 2 aromatic rings. The SMILES string of the molecule is CCn1c(C)nc2[nH]c(C)c(C(=O)O)c(=O)c21. The third kappa shape index (κ3) is 1.52. The zero-order chi connectivity index (χ0) is 12.7. The van der Waals surface area contributed by atoms with Crippen LogP contribution in [0.4, 0.5) is 0 Å². The van der Waals surface area contributed by atoms with Gasteiger partial charge in [-0.15, -0.1) is 0 Å². The van der Waals surface area contributed by atoms with E-state index in [1.54, 1.807) is 18.4 Å². The van der Waals surface area contributed by atoms with Crippen molar-refractivity contribution in [3.63, 3.8) is 0 Å². The average molecular weight is 235 g/mol. The molecule has 6 heteroatoms. The Morgan fingerprint density at radius 2 is 2.12 bits per heavy atom. The van der Waals surface area contributed by atoms with Gasteiger partial charge in [0, 0.05) is 12.2 Å². The Labute approximate surface area is 96.9 Å². The van der Waals surface area contributed by atoms with E-state index >= 15 is 0 Å². The zero-order valence-corrected chi connectivity index (χ0v) is 9.87. The van der Waals surface area contributed by atoms with Gasteiger partial charge in [-0.3, -0.25) is 4.79 Å². The van der Waals surface area contributed by atoms with Crippen LogP contribution in [-0.2, 0) is 6.54 Å². The molecule has 0 spiro atoms. The van der Waals surface area contributed by atoms with Crippen molar-refractivity contribution >= 4 is 17.1 Å². The predicted molar refractivity (Wildman–Crippen MR) is 62.5 cm³/mol. The molecule has 2 heterocycles. The van der Waals surface area contributed by atoms with E-state index in [2.05, 4.69) is 9.97 Å². The minimum Gasteiger partial charge on any atom is -0.477 e. The van der Waals surface area contributed by atoms with Gasteiger partial charge in [0.1, 0.15) is 16.9 Å². The Morgan fingerprint density at radius 3 is 2.65 bits per heavy atom. The van der Waals surface area contributed by atoms with E-state index in [-0.39, 0.29) is 5.56 Å². The van der Waals surface area contributed by atoms with Crippen LogP contribution >= 0.6 is 0 Å². The second kappa shape index (κ2) is 3.73. The van der Waals surface area contributed by atoms with Crippen LogP contribution in [0.25, 0.3) is 11.2 Å². The highest BCUT2D eigenvalue weighted by molar-refractivity contribution is 5.92. The molecule has 0 aliphatic rings. The molecule has 17 heavy (non-hydrogen) atoms. The first-order valence-corrected chi connectivity index (χ1v) is 5.30. The molecule has 0 aromatic carbocycles. The number of aryl methyl sites for hydroxylation is 3. The number of rotatable bonds is 2. The highest BCUT2D eigenvalue weighted by Crippen LogP contribution is 2.13. The molecule has 0 saturated heterocycles. The number of pyridine rings is 1. The molecule has 0 aliphatic heterocycles. The number of hydrogen-bond donors (Lipinski definition) is 2. The lowest BCUT2D eigenvalue weighted by atomic mass is 10.2. The van der Waals surface area contributed by atoms with Crippen LogP contribution in [0.15, 0.2) is 4.79 Å². The molecular weight excluding hydrogens is 222 g/mol. The van der Waals surface area contributed by atoms with Crippen LogP contribution in [0.1, 0.15) is 28.8 Å². The van der Waals surface area contributed by atoms with Crippen LogP contribution in [0.2, 0.25) is 0 Å². The molecule has 0 atom stereocenters. The topological polar surface area (TPSA) is 88.0 Å². The average Bonchev–Trinajstić information content (AvgIpc) is 2.53. The van der Waals surface area contributed by atoms with E-state index in [9.17, 15) is 9.59 Å². The molecule has 6 nitrogen and oxygen atoms in total. The summed E-state index contributed by atoms with van der Waals surface area (Å²) in [7, 11) is 0. The number of aromatic amines is 1. The van der Waals surface area contributed by atoms with Gasteiger partial charge < -0.3 is 14.7 Å². The van der Waals surface area contributed by atoms with Crippen LogP contribution < -0.4 is 5.43 Å². The third-order valence-electron chi connectivity index (χ3n) is 2.81. The van der Waals surface area contributed by atoms with Gasteiger partial charge in [0.05, 0.1) is 0 Å². The lowest BCUT2D eigenvalue weighted by molar-refractivity contribution is 0.0694. The monoisotopic (exact) mass is 235 g/mol. The molecule has 0 amide bonds. The van der Waals surface area contributed by atoms with Crippen molar-refractivity contribution < 1.29 is 9.90 Å². The molecule has 0 aliphatic carbocycles. The number of aromatic nitrogens is 3. The first-order valence-electron chi connectivity index (χ1n) is 5.30. The van der Waals surface area contributed by atoms with E-state index in [4.69, 9.17) is 5.11 Å². The van der Waals surface area contributed by atoms with Crippen molar-refractivity contribution in [2.45, 2.75) is 27.3 Å². The van der Waals surface area contributed by atoms with Crippen molar-refractivity contribution in [1.29, 1.82) is 0 Å². The number of hydrogen-bond acceptors (Lipinski definition) is 3. The van der Waals surface area contributed by atoms with E-state index in [0.29, 0.717) is 29.2 Å². The number of imidazole rings is 1. The molecule has 0 unspecified atom stereocenters. The minimum atomic E-state index is -1.22.